The maximum Gasteiger partial charge on any atom is 0.350 e. The van der Waals surface area contributed by atoms with E-state index in [-0.39, 0.29) is 11.5 Å². The van der Waals surface area contributed by atoms with Crippen molar-refractivity contribution >= 4 is 11.0 Å². The van der Waals surface area contributed by atoms with Crippen LogP contribution in [0.15, 0.2) is 33.9 Å². The Hall–Kier alpha value is -2.70. The SMILES string of the molecule is CCCCn1c2nc(=O)[nH]c(=O)c-2[n+]([O-])c2ccccc21. The first-order chi connectivity index (χ1) is 10.1. The van der Waals surface area contributed by atoms with Gasteiger partial charge in [-0.2, -0.15) is 9.71 Å². The van der Waals surface area contributed by atoms with Crippen LogP contribution in [0.3, 0.4) is 0 Å². The monoisotopic (exact) mass is 286 g/mol. The van der Waals surface area contributed by atoms with Crippen LogP contribution >= 0.6 is 0 Å². The molecule has 0 saturated heterocycles. The molecule has 21 heavy (non-hydrogen) atoms. The topological polar surface area (TPSA) is 94.7 Å². The number of para-hydroxylation sites is 2. The highest BCUT2D eigenvalue weighted by atomic mass is 16.5. The number of aromatic nitrogens is 4. The van der Waals surface area contributed by atoms with E-state index < -0.39 is 11.2 Å². The molecule has 7 heteroatoms. The molecule has 1 N–H and O–H groups in total. The van der Waals surface area contributed by atoms with Crippen LogP contribution in [0.5, 0.6) is 0 Å². The molecule has 0 bridgehead atoms. The van der Waals surface area contributed by atoms with Crippen LogP contribution in [0.4, 0.5) is 0 Å². The highest BCUT2D eigenvalue weighted by molar-refractivity contribution is 5.75. The van der Waals surface area contributed by atoms with Crippen molar-refractivity contribution in [1.29, 1.82) is 0 Å². The predicted molar refractivity (Wildman–Crippen MR) is 77.1 cm³/mol. The average Bonchev–Trinajstić information content (AvgIpc) is 2.46. The molecule has 2 aliphatic rings. The highest BCUT2D eigenvalue weighted by Gasteiger charge is 2.26. The van der Waals surface area contributed by atoms with Gasteiger partial charge in [0.25, 0.3) is 0 Å². The number of rotatable bonds is 3. The van der Waals surface area contributed by atoms with E-state index in [2.05, 4.69) is 4.98 Å². The Morgan fingerprint density at radius 2 is 2.10 bits per heavy atom. The van der Waals surface area contributed by atoms with Gasteiger partial charge in [-0.05, 0) is 12.5 Å². The largest absolute Gasteiger partial charge is 0.618 e. The summed E-state index contributed by atoms with van der Waals surface area (Å²) >= 11 is 0. The van der Waals surface area contributed by atoms with Crippen molar-refractivity contribution < 1.29 is 4.73 Å². The van der Waals surface area contributed by atoms with E-state index in [4.69, 9.17) is 0 Å². The second kappa shape index (κ2) is 5.01. The lowest BCUT2D eigenvalue weighted by molar-refractivity contribution is -0.566. The lowest BCUT2D eigenvalue weighted by Gasteiger charge is -2.16. The average molecular weight is 286 g/mol. The Morgan fingerprint density at radius 1 is 1.33 bits per heavy atom. The fourth-order valence-corrected chi connectivity index (χ4v) is 2.45. The number of benzene rings is 1. The minimum Gasteiger partial charge on any atom is -0.618 e. The zero-order valence-corrected chi connectivity index (χ0v) is 11.5. The third kappa shape index (κ3) is 2.06. The zero-order valence-electron chi connectivity index (χ0n) is 11.5. The van der Waals surface area contributed by atoms with Crippen molar-refractivity contribution in [3.63, 3.8) is 0 Å². The molecule has 0 unspecified atom stereocenters. The van der Waals surface area contributed by atoms with E-state index in [1.165, 1.54) is 0 Å². The molecule has 1 aromatic rings. The maximum absolute atomic E-state index is 12.4. The molecule has 0 fully saturated rings. The van der Waals surface area contributed by atoms with E-state index >= 15 is 0 Å². The van der Waals surface area contributed by atoms with Crippen LogP contribution in [0.2, 0.25) is 0 Å². The van der Waals surface area contributed by atoms with Gasteiger partial charge in [0.1, 0.15) is 5.52 Å². The number of hydrogen-bond acceptors (Lipinski definition) is 4. The number of nitrogens with zero attached hydrogens (tertiary/aromatic N) is 3. The number of aromatic amines is 1. The van der Waals surface area contributed by atoms with Gasteiger partial charge < -0.3 is 9.77 Å². The summed E-state index contributed by atoms with van der Waals surface area (Å²) in [5.74, 6) is 0.130. The Bertz CT molecular complexity index is 897. The normalized spacial score (nSPS) is 11.3. The molecule has 0 spiro atoms. The Kier molecular flexibility index (Phi) is 3.17. The Labute approximate surface area is 119 Å². The lowest BCUT2D eigenvalue weighted by atomic mass is 10.2. The summed E-state index contributed by atoms with van der Waals surface area (Å²) in [6.45, 7) is 2.63. The molecule has 108 valence electrons. The van der Waals surface area contributed by atoms with Gasteiger partial charge in [-0.25, -0.2) is 4.79 Å². The van der Waals surface area contributed by atoms with Crippen molar-refractivity contribution in [3.05, 3.63) is 50.3 Å². The summed E-state index contributed by atoms with van der Waals surface area (Å²) < 4.78 is 2.30. The van der Waals surface area contributed by atoms with E-state index in [1.807, 2.05) is 18.0 Å². The highest BCUT2D eigenvalue weighted by Crippen LogP contribution is 2.19. The van der Waals surface area contributed by atoms with Gasteiger partial charge in [-0.15, -0.1) is 0 Å². The first kappa shape index (κ1) is 13.3. The lowest BCUT2D eigenvalue weighted by Crippen LogP contribution is -2.42. The van der Waals surface area contributed by atoms with Crippen LogP contribution in [0, 0.1) is 5.21 Å². The number of nitrogens with one attached hydrogen (secondary N) is 1. The molecule has 2 aliphatic heterocycles. The van der Waals surface area contributed by atoms with Crippen LogP contribution < -0.4 is 16.0 Å². The molecule has 0 radical (unpaired) electrons. The zero-order chi connectivity index (χ0) is 15.0. The number of hydrogen-bond donors (Lipinski definition) is 1. The number of aryl methyl sites for hydroxylation is 1. The van der Waals surface area contributed by atoms with E-state index in [0.29, 0.717) is 22.3 Å². The molecule has 0 atom stereocenters. The molecule has 0 aliphatic carbocycles. The van der Waals surface area contributed by atoms with Gasteiger partial charge in [-0.1, -0.05) is 25.5 Å². The summed E-state index contributed by atoms with van der Waals surface area (Å²) in [7, 11) is 0. The third-order valence-corrected chi connectivity index (χ3v) is 3.44. The van der Waals surface area contributed by atoms with Crippen molar-refractivity contribution in [1.82, 2.24) is 14.5 Å². The standard InChI is InChI=1S/C14H14N4O3/c1-2-3-8-17-9-6-4-5-7-10(9)18(21)11-12(17)15-14(20)16-13(11)19/h4-7H,2-3,8H2,1H3,(H,16,19,20). The molecule has 1 aromatic carbocycles. The summed E-state index contributed by atoms with van der Waals surface area (Å²) in [6, 6.07) is 6.97. The number of fused-ring (bicyclic) bond motifs is 2. The summed E-state index contributed by atoms with van der Waals surface area (Å²) in [5.41, 5.74) is -0.550. The second-order valence-electron chi connectivity index (χ2n) is 4.83. The van der Waals surface area contributed by atoms with Gasteiger partial charge in [-0.3, -0.25) is 9.78 Å². The number of unbranched alkanes of at least 4 members (excludes halogenated alkanes) is 1. The smallest absolute Gasteiger partial charge is 0.350 e. The van der Waals surface area contributed by atoms with Crippen molar-refractivity contribution in [2.75, 3.05) is 0 Å². The van der Waals surface area contributed by atoms with E-state index in [9.17, 15) is 14.8 Å². The molecular formula is C14H14N4O3. The van der Waals surface area contributed by atoms with Gasteiger partial charge in [0.15, 0.2) is 0 Å². The maximum atomic E-state index is 12.4. The van der Waals surface area contributed by atoms with Crippen LogP contribution in [0.25, 0.3) is 22.6 Å². The molecular weight excluding hydrogens is 272 g/mol. The van der Waals surface area contributed by atoms with Gasteiger partial charge in [0.2, 0.25) is 11.3 Å². The summed E-state index contributed by atoms with van der Waals surface area (Å²) in [4.78, 5) is 29.3. The van der Waals surface area contributed by atoms with Gasteiger partial charge in [0, 0.05) is 12.6 Å². The minimum atomic E-state index is -0.743. The van der Waals surface area contributed by atoms with Crippen molar-refractivity contribution in [2.45, 2.75) is 26.3 Å². The fourth-order valence-electron chi connectivity index (χ4n) is 2.45. The van der Waals surface area contributed by atoms with Crippen LogP contribution in [-0.2, 0) is 6.54 Å². The van der Waals surface area contributed by atoms with Crippen molar-refractivity contribution in [2.24, 2.45) is 0 Å². The first-order valence-electron chi connectivity index (χ1n) is 6.78. The predicted octanol–water partition coefficient (Wildman–Crippen LogP) is 0.623. The van der Waals surface area contributed by atoms with Gasteiger partial charge in [0.05, 0.1) is 0 Å². The minimum absolute atomic E-state index is 0.130. The molecule has 2 heterocycles. The number of H-pyrrole nitrogens is 1. The molecule has 0 aromatic heterocycles. The van der Waals surface area contributed by atoms with E-state index in [1.54, 1.807) is 22.8 Å². The van der Waals surface area contributed by atoms with Crippen LogP contribution in [0.1, 0.15) is 19.8 Å². The second-order valence-corrected chi connectivity index (χ2v) is 4.83. The fraction of sp³-hybridized carbons (Fsp3) is 0.286. The summed E-state index contributed by atoms with van der Waals surface area (Å²) in [6.07, 6.45) is 1.80. The third-order valence-electron chi connectivity index (χ3n) is 3.44. The van der Waals surface area contributed by atoms with Gasteiger partial charge >= 0.3 is 16.9 Å². The summed E-state index contributed by atoms with van der Waals surface area (Å²) in [5, 5.41) is 12.4. The van der Waals surface area contributed by atoms with Crippen molar-refractivity contribution in [3.8, 4) is 11.5 Å². The Balaban J connectivity index is 2.51. The molecule has 3 rings (SSSR count). The molecule has 7 nitrogen and oxygen atoms in total. The quantitative estimate of drug-likeness (QED) is 0.434. The Morgan fingerprint density at radius 3 is 2.86 bits per heavy atom. The molecule has 0 amide bonds. The first-order valence-corrected chi connectivity index (χ1v) is 6.78. The van der Waals surface area contributed by atoms with E-state index in [0.717, 1.165) is 12.8 Å². The van der Waals surface area contributed by atoms with Crippen LogP contribution in [-0.4, -0.2) is 14.5 Å². The molecule has 0 saturated carbocycles.